The largest absolute Gasteiger partial charge is 0.333 e. The molecule has 2 saturated heterocycles. The molecule has 2 aliphatic rings. The van der Waals surface area contributed by atoms with Crippen molar-refractivity contribution in [3.05, 3.63) is 162 Å². The van der Waals surface area contributed by atoms with Crippen LogP contribution in [0.3, 0.4) is 0 Å². The Morgan fingerprint density at radius 3 is 2.16 bits per heavy atom. The lowest BCUT2D eigenvalue weighted by Gasteiger charge is -2.46. The smallest absolute Gasteiger partial charge is 0.333 e. The number of piperazine rings is 1. The van der Waals surface area contributed by atoms with Gasteiger partial charge >= 0.3 is 6.03 Å². The maximum atomic E-state index is 14.5. The molecule has 0 bridgehead atoms. The third-order valence-corrected chi connectivity index (χ3v) is 10.5. The van der Waals surface area contributed by atoms with Gasteiger partial charge in [0.2, 0.25) is 11.8 Å². The summed E-state index contributed by atoms with van der Waals surface area (Å²) in [5.41, 5.74) is 3.79. The van der Waals surface area contributed by atoms with Gasteiger partial charge in [0, 0.05) is 30.8 Å². The lowest BCUT2D eigenvalue weighted by atomic mass is 9.98. The average Bonchev–Trinajstić information content (AvgIpc) is 3.56. The zero-order chi connectivity index (χ0) is 38.6. The van der Waals surface area contributed by atoms with Crippen LogP contribution in [0.25, 0.3) is 21.5 Å². The lowest BCUT2D eigenvalue weighted by molar-refractivity contribution is -0.157. The molecule has 11 nitrogen and oxygen atoms in total. The number of carbonyl (C=O) groups excluding carboxylic acids is 4. The van der Waals surface area contributed by atoms with E-state index in [9.17, 15) is 24.4 Å². The molecule has 2 atom stereocenters. The standard InChI is InChI=1S/C45H39N7O4/c46-24-25-50(45(56)47-27-32-10-2-1-3-11-32)51-30-42(53)52-40(44(55)49(29-41(51)52)28-35-16-8-14-33-12-4-6-17-37(33)35)26-31-20-22-36(23-21-31)48-43(54)39-19-9-15-34-13-5-7-18-38(34)39/h1-23,40-41H,25-30H2,(H,47,56)(H,48,54)/t40-,41+/m0/s1. The molecule has 2 heterocycles. The van der Waals surface area contributed by atoms with E-state index in [0.717, 1.165) is 38.2 Å². The van der Waals surface area contributed by atoms with Crippen molar-refractivity contribution in [3.63, 3.8) is 0 Å². The minimum Gasteiger partial charge on any atom is -0.333 e. The second-order valence-corrected chi connectivity index (χ2v) is 14.0. The van der Waals surface area contributed by atoms with E-state index in [1.807, 2.05) is 121 Å². The summed E-state index contributed by atoms with van der Waals surface area (Å²) in [6, 6.07) is 44.7. The van der Waals surface area contributed by atoms with E-state index in [1.54, 1.807) is 33.0 Å². The Morgan fingerprint density at radius 1 is 0.750 bits per heavy atom. The van der Waals surface area contributed by atoms with E-state index in [4.69, 9.17) is 0 Å². The Morgan fingerprint density at radius 2 is 1.41 bits per heavy atom. The number of carbonyl (C=O) groups is 4. The molecule has 0 radical (unpaired) electrons. The fourth-order valence-electron chi connectivity index (χ4n) is 7.81. The van der Waals surface area contributed by atoms with E-state index in [-0.39, 0.29) is 50.3 Å². The van der Waals surface area contributed by atoms with Gasteiger partial charge in [0.15, 0.2) is 0 Å². The number of urea groups is 1. The molecule has 6 aromatic rings. The summed E-state index contributed by atoms with van der Waals surface area (Å²) >= 11 is 0. The Hall–Kier alpha value is -7.03. The van der Waals surface area contributed by atoms with Crippen molar-refractivity contribution in [1.82, 2.24) is 25.1 Å². The number of hydrogen-bond donors (Lipinski definition) is 2. The number of rotatable bonds is 10. The zero-order valence-electron chi connectivity index (χ0n) is 30.5. The molecule has 6 aromatic carbocycles. The molecule has 2 aliphatic heterocycles. The molecule has 0 unspecified atom stereocenters. The minimum atomic E-state index is -0.881. The van der Waals surface area contributed by atoms with Crippen molar-refractivity contribution in [3.8, 4) is 6.07 Å². The molecule has 2 fully saturated rings. The summed E-state index contributed by atoms with van der Waals surface area (Å²) in [6.45, 7) is 0.213. The summed E-state index contributed by atoms with van der Waals surface area (Å²) in [4.78, 5) is 58.8. The highest BCUT2D eigenvalue weighted by Crippen LogP contribution is 2.32. The minimum absolute atomic E-state index is 0.136. The first-order valence-corrected chi connectivity index (χ1v) is 18.6. The van der Waals surface area contributed by atoms with Gasteiger partial charge in [-0.25, -0.2) is 9.80 Å². The maximum absolute atomic E-state index is 14.5. The van der Waals surface area contributed by atoms with Gasteiger partial charge in [0.25, 0.3) is 5.91 Å². The molecule has 0 aliphatic carbocycles. The molecule has 0 saturated carbocycles. The van der Waals surface area contributed by atoms with Crippen LogP contribution in [0.2, 0.25) is 0 Å². The zero-order valence-corrected chi connectivity index (χ0v) is 30.5. The molecule has 0 aromatic heterocycles. The third-order valence-electron chi connectivity index (χ3n) is 10.5. The van der Waals surface area contributed by atoms with Gasteiger partial charge in [0.1, 0.15) is 18.8 Å². The highest BCUT2D eigenvalue weighted by atomic mass is 16.2. The number of amides is 5. The quantitative estimate of drug-likeness (QED) is 0.158. The van der Waals surface area contributed by atoms with Gasteiger partial charge in [-0.15, -0.1) is 0 Å². The van der Waals surface area contributed by atoms with Crippen LogP contribution in [0.5, 0.6) is 0 Å². The van der Waals surface area contributed by atoms with Gasteiger partial charge in [-0.3, -0.25) is 14.4 Å². The molecule has 56 heavy (non-hydrogen) atoms. The summed E-state index contributed by atoms with van der Waals surface area (Å²) < 4.78 is 0. The van der Waals surface area contributed by atoms with Crippen LogP contribution >= 0.6 is 0 Å². The van der Waals surface area contributed by atoms with Crippen LogP contribution in [0.1, 0.15) is 27.0 Å². The number of fused-ring (bicyclic) bond motifs is 3. The Labute approximate surface area is 324 Å². The van der Waals surface area contributed by atoms with Gasteiger partial charge in [-0.2, -0.15) is 10.3 Å². The number of benzene rings is 6. The fraction of sp³-hybridized carbons (Fsp3) is 0.178. The van der Waals surface area contributed by atoms with Crippen LogP contribution < -0.4 is 10.6 Å². The predicted octanol–water partition coefficient (Wildman–Crippen LogP) is 6.32. The maximum Gasteiger partial charge on any atom is 0.333 e. The van der Waals surface area contributed by atoms with Crippen LogP contribution in [-0.2, 0) is 29.1 Å². The van der Waals surface area contributed by atoms with E-state index in [2.05, 4.69) is 16.7 Å². The summed E-state index contributed by atoms with van der Waals surface area (Å²) in [5, 5.41) is 22.5. The SMILES string of the molecule is N#CCN(C(=O)NCc1ccccc1)N1CC(=O)N2[C@@H](Cc3ccc(NC(=O)c4cccc5ccccc45)cc3)C(=O)N(Cc3cccc4ccccc34)C[C@@H]21. The first-order valence-electron chi connectivity index (χ1n) is 18.6. The number of nitriles is 1. The number of nitrogens with zero attached hydrogens (tertiary/aromatic N) is 5. The molecule has 11 heteroatoms. The highest BCUT2D eigenvalue weighted by Gasteiger charge is 2.52. The van der Waals surface area contributed by atoms with Crippen molar-refractivity contribution >= 4 is 51.0 Å². The molecule has 5 amide bonds. The lowest BCUT2D eigenvalue weighted by Crippen LogP contribution is -2.66. The van der Waals surface area contributed by atoms with Crippen LogP contribution in [0.4, 0.5) is 10.5 Å². The topological polar surface area (TPSA) is 129 Å². The molecule has 8 rings (SSSR count). The van der Waals surface area contributed by atoms with Crippen molar-refractivity contribution in [2.45, 2.75) is 31.7 Å². The number of nitrogens with one attached hydrogen (secondary N) is 2. The van der Waals surface area contributed by atoms with Crippen LogP contribution in [0.15, 0.2) is 140 Å². The van der Waals surface area contributed by atoms with E-state index < -0.39 is 18.2 Å². The monoisotopic (exact) mass is 741 g/mol. The predicted molar refractivity (Wildman–Crippen MR) is 214 cm³/mol. The van der Waals surface area contributed by atoms with E-state index in [0.29, 0.717) is 17.8 Å². The Bertz CT molecular complexity index is 2470. The van der Waals surface area contributed by atoms with E-state index in [1.165, 1.54) is 5.01 Å². The molecular weight excluding hydrogens is 703 g/mol. The van der Waals surface area contributed by atoms with Gasteiger partial charge in [-0.1, -0.05) is 121 Å². The highest BCUT2D eigenvalue weighted by molar-refractivity contribution is 6.13. The number of hydrazine groups is 1. The fourth-order valence-corrected chi connectivity index (χ4v) is 7.81. The van der Waals surface area contributed by atoms with Crippen molar-refractivity contribution in [1.29, 1.82) is 5.26 Å². The first-order chi connectivity index (χ1) is 27.4. The second-order valence-electron chi connectivity index (χ2n) is 14.0. The number of anilines is 1. The summed E-state index contributed by atoms with van der Waals surface area (Å²) in [7, 11) is 0. The Balaban J connectivity index is 1.06. The second kappa shape index (κ2) is 15.8. The van der Waals surface area contributed by atoms with Gasteiger partial charge < -0.3 is 20.4 Å². The van der Waals surface area contributed by atoms with Crippen molar-refractivity contribution in [2.24, 2.45) is 0 Å². The molecular formula is C45H39N7O4. The molecule has 278 valence electrons. The van der Waals surface area contributed by atoms with Crippen molar-refractivity contribution < 1.29 is 19.2 Å². The first kappa shape index (κ1) is 36.0. The third kappa shape index (κ3) is 7.25. The summed E-state index contributed by atoms with van der Waals surface area (Å²) in [6.07, 6.45) is -0.494. The molecule has 0 spiro atoms. The summed E-state index contributed by atoms with van der Waals surface area (Å²) in [5.74, 6) is -0.754. The van der Waals surface area contributed by atoms with Crippen LogP contribution in [-0.4, -0.2) is 75.4 Å². The van der Waals surface area contributed by atoms with E-state index >= 15 is 0 Å². The van der Waals surface area contributed by atoms with Gasteiger partial charge in [-0.05, 0) is 56.4 Å². The normalized spacial score (nSPS) is 16.8. The van der Waals surface area contributed by atoms with Crippen LogP contribution in [0, 0.1) is 11.3 Å². The Kier molecular flexibility index (Phi) is 10.1. The van der Waals surface area contributed by atoms with Gasteiger partial charge in [0.05, 0.1) is 19.2 Å². The average molecular weight is 742 g/mol. The number of hydrogen-bond acceptors (Lipinski definition) is 6. The van der Waals surface area contributed by atoms with Crippen molar-refractivity contribution in [2.75, 3.05) is 25.0 Å². The molecule has 2 N–H and O–H groups in total.